The standard InChI is InChI=1S/C18H20N2O4/c21-17(12-19-18(22)16-7-4-9-24-16)20-8-10-23-15(13-20)11-14-5-2-1-3-6-14/h1-7,9,15H,8,10-13H2,(H,19,22). The molecule has 2 amide bonds. The van der Waals surface area contributed by atoms with Gasteiger partial charge in [0.25, 0.3) is 5.91 Å². The lowest BCUT2D eigenvalue weighted by Gasteiger charge is -2.33. The van der Waals surface area contributed by atoms with Crippen LogP contribution in [-0.2, 0) is 16.0 Å². The summed E-state index contributed by atoms with van der Waals surface area (Å²) in [5.41, 5.74) is 1.18. The van der Waals surface area contributed by atoms with E-state index in [9.17, 15) is 9.59 Å². The predicted molar refractivity (Wildman–Crippen MR) is 87.5 cm³/mol. The Morgan fingerprint density at radius 2 is 2.00 bits per heavy atom. The fourth-order valence-electron chi connectivity index (χ4n) is 2.71. The van der Waals surface area contributed by atoms with Crippen molar-refractivity contribution in [2.45, 2.75) is 12.5 Å². The molecule has 1 aliphatic rings. The number of morpholine rings is 1. The van der Waals surface area contributed by atoms with E-state index in [0.29, 0.717) is 19.7 Å². The Bertz CT molecular complexity index is 670. The second-order valence-corrected chi connectivity index (χ2v) is 5.68. The second kappa shape index (κ2) is 7.79. The molecule has 0 aliphatic carbocycles. The first-order valence-corrected chi connectivity index (χ1v) is 7.97. The molecule has 0 spiro atoms. The molecule has 1 aromatic carbocycles. The Morgan fingerprint density at radius 3 is 2.75 bits per heavy atom. The van der Waals surface area contributed by atoms with Gasteiger partial charge in [0, 0.05) is 19.5 Å². The Morgan fingerprint density at radius 1 is 1.17 bits per heavy atom. The van der Waals surface area contributed by atoms with E-state index in [-0.39, 0.29) is 30.2 Å². The number of ether oxygens (including phenoxy) is 1. The number of hydrogen-bond donors (Lipinski definition) is 1. The Balaban J connectivity index is 1.49. The maximum absolute atomic E-state index is 12.3. The molecule has 6 heteroatoms. The van der Waals surface area contributed by atoms with E-state index in [1.54, 1.807) is 17.0 Å². The highest BCUT2D eigenvalue weighted by Crippen LogP contribution is 2.12. The largest absolute Gasteiger partial charge is 0.459 e. The van der Waals surface area contributed by atoms with Crippen molar-refractivity contribution >= 4 is 11.8 Å². The van der Waals surface area contributed by atoms with Gasteiger partial charge in [-0.1, -0.05) is 30.3 Å². The van der Waals surface area contributed by atoms with Gasteiger partial charge in [0.15, 0.2) is 5.76 Å². The summed E-state index contributed by atoms with van der Waals surface area (Å²) in [6, 6.07) is 13.2. The zero-order chi connectivity index (χ0) is 16.8. The van der Waals surface area contributed by atoms with Gasteiger partial charge in [-0.15, -0.1) is 0 Å². The van der Waals surface area contributed by atoms with Crippen molar-refractivity contribution in [2.75, 3.05) is 26.2 Å². The van der Waals surface area contributed by atoms with Gasteiger partial charge in [0.05, 0.1) is 25.5 Å². The minimum atomic E-state index is -0.387. The third-order valence-electron chi connectivity index (χ3n) is 3.94. The number of amides is 2. The number of hydrogen-bond acceptors (Lipinski definition) is 4. The van der Waals surface area contributed by atoms with Gasteiger partial charge in [0.2, 0.25) is 5.91 Å². The first-order valence-electron chi connectivity index (χ1n) is 7.97. The summed E-state index contributed by atoms with van der Waals surface area (Å²) in [6.45, 7) is 1.54. The van der Waals surface area contributed by atoms with Crippen LogP contribution in [0.2, 0.25) is 0 Å². The molecular formula is C18H20N2O4. The van der Waals surface area contributed by atoms with Crippen LogP contribution < -0.4 is 5.32 Å². The van der Waals surface area contributed by atoms with Gasteiger partial charge in [-0.3, -0.25) is 9.59 Å². The Hall–Kier alpha value is -2.60. The molecule has 0 saturated carbocycles. The van der Waals surface area contributed by atoms with Crippen LogP contribution in [0.5, 0.6) is 0 Å². The van der Waals surface area contributed by atoms with E-state index < -0.39 is 0 Å². The SMILES string of the molecule is O=C(NCC(=O)N1CCOC(Cc2ccccc2)C1)c1ccco1. The summed E-state index contributed by atoms with van der Waals surface area (Å²) in [4.78, 5) is 25.8. The van der Waals surface area contributed by atoms with E-state index in [1.165, 1.54) is 11.8 Å². The normalized spacial score (nSPS) is 17.5. The molecule has 1 aromatic heterocycles. The van der Waals surface area contributed by atoms with E-state index in [2.05, 4.69) is 5.32 Å². The number of carbonyl (C=O) groups excluding carboxylic acids is 2. The van der Waals surface area contributed by atoms with E-state index in [1.807, 2.05) is 30.3 Å². The molecule has 0 radical (unpaired) electrons. The number of nitrogens with one attached hydrogen (secondary N) is 1. The van der Waals surface area contributed by atoms with Crippen LogP contribution in [0.15, 0.2) is 53.1 Å². The summed E-state index contributed by atoms with van der Waals surface area (Å²) >= 11 is 0. The summed E-state index contributed by atoms with van der Waals surface area (Å²) < 4.78 is 10.8. The predicted octanol–water partition coefficient (Wildman–Crippen LogP) is 1.48. The maximum atomic E-state index is 12.3. The molecule has 1 atom stereocenters. The minimum Gasteiger partial charge on any atom is -0.459 e. The molecule has 2 heterocycles. The number of carbonyl (C=O) groups is 2. The highest BCUT2D eigenvalue weighted by molar-refractivity contribution is 5.94. The van der Waals surface area contributed by atoms with Crippen molar-refractivity contribution in [3.05, 3.63) is 60.1 Å². The highest BCUT2D eigenvalue weighted by Gasteiger charge is 2.24. The zero-order valence-corrected chi connectivity index (χ0v) is 13.3. The molecule has 2 aromatic rings. The van der Waals surface area contributed by atoms with E-state index >= 15 is 0 Å². The van der Waals surface area contributed by atoms with Gasteiger partial charge in [-0.2, -0.15) is 0 Å². The van der Waals surface area contributed by atoms with Crippen LogP contribution >= 0.6 is 0 Å². The molecule has 1 N–H and O–H groups in total. The van der Waals surface area contributed by atoms with Crippen molar-refractivity contribution in [3.63, 3.8) is 0 Å². The molecule has 6 nitrogen and oxygen atoms in total. The third kappa shape index (κ3) is 4.23. The maximum Gasteiger partial charge on any atom is 0.287 e. The molecule has 126 valence electrons. The van der Waals surface area contributed by atoms with Gasteiger partial charge in [-0.05, 0) is 17.7 Å². The van der Waals surface area contributed by atoms with Gasteiger partial charge in [0.1, 0.15) is 0 Å². The minimum absolute atomic E-state index is 0.0223. The Kier molecular flexibility index (Phi) is 5.28. The molecule has 24 heavy (non-hydrogen) atoms. The van der Waals surface area contributed by atoms with Crippen molar-refractivity contribution < 1.29 is 18.7 Å². The molecule has 0 bridgehead atoms. The van der Waals surface area contributed by atoms with Crippen molar-refractivity contribution in [1.29, 1.82) is 0 Å². The van der Waals surface area contributed by atoms with Crippen LogP contribution in [0.4, 0.5) is 0 Å². The van der Waals surface area contributed by atoms with Crippen molar-refractivity contribution in [3.8, 4) is 0 Å². The molecule has 3 rings (SSSR count). The lowest BCUT2D eigenvalue weighted by molar-refractivity contribution is -0.137. The van der Waals surface area contributed by atoms with Gasteiger partial charge < -0.3 is 19.4 Å². The molecular weight excluding hydrogens is 308 g/mol. The quantitative estimate of drug-likeness (QED) is 0.902. The zero-order valence-electron chi connectivity index (χ0n) is 13.3. The lowest BCUT2D eigenvalue weighted by Crippen LogP contribution is -2.49. The summed E-state index contributed by atoms with van der Waals surface area (Å²) in [5.74, 6) is -0.301. The average molecular weight is 328 g/mol. The van der Waals surface area contributed by atoms with Gasteiger partial charge >= 0.3 is 0 Å². The fraction of sp³-hybridized carbons (Fsp3) is 0.333. The Labute approximate surface area is 140 Å². The number of benzene rings is 1. The average Bonchev–Trinajstić information content (AvgIpc) is 3.15. The monoisotopic (exact) mass is 328 g/mol. The molecule has 1 fully saturated rings. The first kappa shape index (κ1) is 16.3. The van der Waals surface area contributed by atoms with Crippen LogP contribution in [-0.4, -0.2) is 49.1 Å². The topological polar surface area (TPSA) is 71.8 Å². The second-order valence-electron chi connectivity index (χ2n) is 5.68. The lowest BCUT2D eigenvalue weighted by atomic mass is 10.1. The molecule has 1 unspecified atom stereocenters. The highest BCUT2D eigenvalue weighted by atomic mass is 16.5. The number of nitrogens with zero attached hydrogens (tertiary/aromatic N) is 1. The smallest absolute Gasteiger partial charge is 0.287 e. The van der Waals surface area contributed by atoms with Crippen molar-refractivity contribution in [1.82, 2.24) is 10.2 Å². The number of rotatable bonds is 5. The van der Waals surface area contributed by atoms with Crippen LogP contribution in [0.1, 0.15) is 16.1 Å². The molecule has 1 saturated heterocycles. The van der Waals surface area contributed by atoms with E-state index in [0.717, 1.165) is 6.42 Å². The molecule has 1 aliphatic heterocycles. The summed E-state index contributed by atoms with van der Waals surface area (Å²) in [6.07, 6.45) is 2.17. The first-order chi connectivity index (χ1) is 11.7. The van der Waals surface area contributed by atoms with Crippen molar-refractivity contribution in [2.24, 2.45) is 0 Å². The van der Waals surface area contributed by atoms with Crippen LogP contribution in [0, 0.1) is 0 Å². The third-order valence-corrected chi connectivity index (χ3v) is 3.94. The van der Waals surface area contributed by atoms with Gasteiger partial charge in [-0.25, -0.2) is 0 Å². The number of furan rings is 1. The van der Waals surface area contributed by atoms with E-state index in [4.69, 9.17) is 9.15 Å². The fourth-order valence-corrected chi connectivity index (χ4v) is 2.71. The van der Waals surface area contributed by atoms with Crippen LogP contribution in [0.25, 0.3) is 0 Å². The van der Waals surface area contributed by atoms with Crippen LogP contribution in [0.3, 0.4) is 0 Å². The summed E-state index contributed by atoms with van der Waals surface area (Å²) in [7, 11) is 0. The summed E-state index contributed by atoms with van der Waals surface area (Å²) in [5, 5.41) is 2.58.